The number of nitrogens with zero attached hydrogens (tertiary/aromatic N) is 2. The molecule has 1 aromatic carbocycles. The topological polar surface area (TPSA) is 93.1 Å². The second kappa shape index (κ2) is 9.36. The van der Waals surface area contributed by atoms with Crippen LogP contribution in [-0.4, -0.2) is 77.8 Å². The minimum Gasteiger partial charge on any atom is -0.481 e. The number of aliphatic hydroxyl groups is 1. The van der Waals surface area contributed by atoms with Crippen LogP contribution >= 0.6 is 0 Å². The number of nitrogens with one attached hydrogen (secondary N) is 1. The summed E-state index contributed by atoms with van der Waals surface area (Å²) in [7, 11) is 0. The molecule has 0 aliphatic carbocycles. The predicted octanol–water partition coefficient (Wildman–Crippen LogP) is 0.326. The molecule has 1 heterocycles. The lowest BCUT2D eigenvalue weighted by atomic mass is 10.0. The van der Waals surface area contributed by atoms with Crippen LogP contribution in [-0.2, 0) is 9.59 Å². The van der Waals surface area contributed by atoms with Crippen LogP contribution in [0.15, 0.2) is 30.3 Å². The number of β-amino-alcohol motifs (C(OH)–C–C–N with tert-alkyl or cyclic N) is 1. The van der Waals surface area contributed by atoms with Crippen molar-refractivity contribution in [1.29, 1.82) is 0 Å². The Kier molecular flexibility index (Phi) is 7.17. The Morgan fingerprint density at radius 2 is 1.71 bits per heavy atom. The summed E-state index contributed by atoms with van der Waals surface area (Å²) in [5.41, 5.74) is 0.671. The summed E-state index contributed by atoms with van der Waals surface area (Å²) in [6.07, 6.45) is -0.0406. The van der Waals surface area contributed by atoms with Crippen LogP contribution in [0.2, 0.25) is 0 Å². The summed E-state index contributed by atoms with van der Waals surface area (Å²) in [6, 6.07) is 9.03. The molecular formula is C17H25N3O4. The third-order valence-corrected chi connectivity index (χ3v) is 4.20. The van der Waals surface area contributed by atoms with Crippen LogP contribution in [0.1, 0.15) is 6.42 Å². The van der Waals surface area contributed by atoms with E-state index in [2.05, 4.69) is 15.1 Å². The van der Waals surface area contributed by atoms with Crippen LogP contribution < -0.4 is 5.32 Å². The lowest BCUT2D eigenvalue weighted by Gasteiger charge is -2.35. The van der Waals surface area contributed by atoms with Gasteiger partial charge in [-0.05, 0) is 12.1 Å². The number of rotatable bonds is 8. The number of hydrogen-bond acceptors (Lipinski definition) is 5. The predicted molar refractivity (Wildman–Crippen MR) is 90.8 cm³/mol. The monoisotopic (exact) mass is 335 g/mol. The molecule has 1 aliphatic rings. The van der Waals surface area contributed by atoms with Gasteiger partial charge in [0.15, 0.2) is 0 Å². The Morgan fingerprint density at radius 3 is 2.29 bits per heavy atom. The Labute approximate surface area is 141 Å². The van der Waals surface area contributed by atoms with E-state index in [1.54, 1.807) is 12.1 Å². The van der Waals surface area contributed by atoms with E-state index in [0.717, 1.165) is 26.2 Å². The summed E-state index contributed by atoms with van der Waals surface area (Å²) >= 11 is 0. The number of para-hydroxylation sites is 1. The lowest BCUT2D eigenvalue weighted by Crippen LogP contribution is -2.49. The second-order valence-corrected chi connectivity index (χ2v) is 6.02. The molecule has 1 amide bonds. The Bertz CT molecular complexity index is 530. The highest BCUT2D eigenvalue weighted by atomic mass is 16.4. The van der Waals surface area contributed by atoms with Gasteiger partial charge in [-0.15, -0.1) is 0 Å². The number of amides is 1. The number of carbonyl (C=O) groups is 2. The van der Waals surface area contributed by atoms with Gasteiger partial charge in [-0.25, -0.2) is 0 Å². The molecule has 1 unspecified atom stereocenters. The van der Waals surface area contributed by atoms with E-state index >= 15 is 0 Å². The number of carboxylic acids is 1. The molecule has 7 nitrogen and oxygen atoms in total. The first kappa shape index (κ1) is 18.4. The molecule has 1 fully saturated rings. The molecule has 0 radical (unpaired) electrons. The Morgan fingerprint density at radius 1 is 1.08 bits per heavy atom. The average Bonchev–Trinajstić information content (AvgIpc) is 2.57. The van der Waals surface area contributed by atoms with E-state index in [-0.39, 0.29) is 18.9 Å². The maximum atomic E-state index is 12.1. The fraction of sp³-hybridized carbons (Fsp3) is 0.529. The fourth-order valence-corrected chi connectivity index (χ4v) is 2.84. The minimum atomic E-state index is -0.948. The molecule has 0 bridgehead atoms. The summed E-state index contributed by atoms with van der Waals surface area (Å²) in [5, 5.41) is 21.1. The average molecular weight is 335 g/mol. The zero-order chi connectivity index (χ0) is 17.4. The van der Waals surface area contributed by atoms with Gasteiger partial charge < -0.3 is 15.5 Å². The van der Waals surface area contributed by atoms with Gasteiger partial charge in [-0.3, -0.25) is 19.4 Å². The first-order valence-corrected chi connectivity index (χ1v) is 8.21. The first-order chi connectivity index (χ1) is 11.6. The minimum absolute atomic E-state index is 0.0406. The number of benzene rings is 1. The smallest absolute Gasteiger partial charge is 0.308 e. The van der Waals surface area contributed by atoms with Crippen LogP contribution in [0.3, 0.4) is 0 Å². The standard InChI is InChI=1S/C17H25N3O4/c21-11-10-19-6-8-20(9-7-19)13-14(17(23)24)12-16(22)18-15-4-2-1-3-5-15/h1-5,14,21H,6-13H2,(H,18,22)(H,23,24). The number of carboxylic acid groups (broad SMARTS) is 1. The van der Waals surface area contributed by atoms with Crippen molar-refractivity contribution in [2.75, 3.05) is 51.2 Å². The van der Waals surface area contributed by atoms with Gasteiger partial charge in [0.25, 0.3) is 0 Å². The Balaban J connectivity index is 1.82. The summed E-state index contributed by atoms with van der Waals surface area (Å²) in [4.78, 5) is 27.8. The quantitative estimate of drug-likeness (QED) is 0.634. The molecule has 1 aliphatic heterocycles. The summed E-state index contributed by atoms with van der Waals surface area (Å²) in [5.74, 6) is -1.96. The SMILES string of the molecule is O=C(CC(CN1CCN(CCO)CC1)C(=O)O)Nc1ccccc1. The number of carbonyl (C=O) groups excluding carboxylic acids is 1. The number of piperazine rings is 1. The van der Waals surface area contributed by atoms with E-state index in [0.29, 0.717) is 18.8 Å². The van der Waals surface area contributed by atoms with Crippen LogP contribution in [0.4, 0.5) is 5.69 Å². The third-order valence-electron chi connectivity index (χ3n) is 4.20. The van der Waals surface area contributed by atoms with Crippen molar-refractivity contribution in [3.8, 4) is 0 Å². The zero-order valence-electron chi connectivity index (χ0n) is 13.7. The van der Waals surface area contributed by atoms with Crippen LogP contribution in [0, 0.1) is 5.92 Å². The van der Waals surface area contributed by atoms with Crippen molar-refractivity contribution in [2.24, 2.45) is 5.92 Å². The van der Waals surface area contributed by atoms with E-state index in [1.165, 1.54) is 0 Å². The highest BCUT2D eigenvalue weighted by Crippen LogP contribution is 2.12. The molecule has 132 valence electrons. The van der Waals surface area contributed by atoms with Crippen LogP contribution in [0.25, 0.3) is 0 Å². The summed E-state index contributed by atoms with van der Waals surface area (Å²) in [6.45, 7) is 4.28. The van der Waals surface area contributed by atoms with Gasteiger partial charge in [0.05, 0.1) is 12.5 Å². The maximum absolute atomic E-state index is 12.1. The lowest BCUT2D eigenvalue weighted by molar-refractivity contribution is -0.144. The second-order valence-electron chi connectivity index (χ2n) is 6.02. The molecule has 3 N–H and O–H groups in total. The molecule has 7 heteroatoms. The maximum Gasteiger partial charge on any atom is 0.308 e. The van der Waals surface area contributed by atoms with Crippen molar-refractivity contribution in [3.05, 3.63) is 30.3 Å². The van der Waals surface area contributed by atoms with Gasteiger partial charge in [0.2, 0.25) is 5.91 Å². The largest absolute Gasteiger partial charge is 0.481 e. The van der Waals surface area contributed by atoms with Gasteiger partial charge in [0, 0.05) is 51.4 Å². The van der Waals surface area contributed by atoms with E-state index in [4.69, 9.17) is 5.11 Å². The van der Waals surface area contributed by atoms with Crippen molar-refractivity contribution in [1.82, 2.24) is 9.80 Å². The number of aliphatic carboxylic acids is 1. The molecular weight excluding hydrogens is 310 g/mol. The first-order valence-electron chi connectivity index (χ1n) is 8.21. The molecule has 1 atom stereocenters. The molecule has 24 heavy (non-hydrogen) atoms. The van der Waals surface area contributed by atoms with E-state index < -0.39 is 11.9 Å². The number of aliphatic hydroxyl groups excluding tert-OH is 1. The summed E-state index contributed by atoms with van der Waals surface area (Å²) < 4.78 is 0. The van der Waals surface area contributed by atoms with Gasteiger partial charge >= 0.3 is 5.97 Å². The molecule has 1 aromatic rings. The van der Waals surface area contributed by atoms with Gasteiger partial charge in [-0.1, -0.05) is 18.2 Å². The van der Waals surface area contributed by atoms with Gasteiger partial charge in [-0.2, -0.15) is 0 Å². The Hall–Kier alpha value is -1.96. The highest BCUT2D eigenvalue weighted by Gasteiger charge is 2.26. The van der Waals surface area contributed by atoms with Crippen molar-refractivity contribution in [2.45, 2.75) is 6.42 Å². The molecule has 0 aromatic heterocycles. The number of anilines is 1. The molecule has 2 rings (SSSR count). The van der Waals surface area contributed by atoms with Crippen molar-refractivity contribution >= 4 is 17.6 Å². The normalized spacial score (nSPS) is 17.4. The molecule has 0 spiro atoms. The van der Waals surface area contributed by atoms with Crippen molar-refractivity contribution in [3.63, 3.8) is 0 Å². The zero-order valence-corrected chi connectivity index (χ0v) is 13.7. The van der Waals surface area contributed by atoms with Crippen LogP contribution in [0.5, 0.6) is 0 Å². The van der Waals surface area contributed by atoms with E-state index in [9.17, 15) is 14.7 Å². The molecule has 1 saturated heterocycles. The molecule has 0 saturated carbocycles. The highest BCUT2D eigenvalue weighted by molar-refractivity contribution is 5.93. The fourth-order valence-electron chi connectivity index (χ4n) is 2.84. The third kappa shape index (κ3) is 5.92. The number of hydrogen-bond donors (Lipinski definition) is 3. The van der Waals surface area contributed by atoms with Crippen molar-refractivity contribution < 1.29 is 19.8 Å². The van der Waals surface area contributed by atoms with E-state index in [1.807, 2.05) is 18.2 Å². The van der Waals surface area contributed by atoms with Gasteiger partial charge in [0.1, 0.15) is 0 Å².